The molecule has 0 saturated carbocycles. The summed E-state index contributed by atoms with van der Waals surface area (Å²) in [4.78, 5) is 27.9. The summed E-state index contributed by atoms with van der Waals surface area (Å²) in [7, 11) is 1.79. The van der Waals surface area contributed by atoms with Crippen molar-refractivity contribution in [2.45, 2.75) is 0 Å². The first-order valence-corrected chi connectivity index (χ1v) is 10.8. The van der Waals surface area contributed by atoms with Crippen molar-refractivity contribution in [2.75, 3.05) is 43.2 Å². The van der Waals surface area contributed by atoms with Gasteiger partial charge in [-0.15, -0.1) is 0 Å². The molecule has 0 bridgehead atoms. The number of carbonyl (C=O) groups is 1. The van der Waals surface area contributed by atoms with Crippen LogP contribution in [0.15, 0.2) is 78.9 Å². The van der Waals surface area contributed by atoms with Gasteiger partial charge in [0.2, 0.25) is 0 Å². The Morgan fingerprint density at radius 3 is 2.39 bits per heavy atom. The third-order valence-corrected chi connectivity index (χ3v) is 5.66. The number of anilines is 3. The summed E-state index contributed by atoms with van der Waals surface area (Å²) in [5.74, 6) is -0.156. The van der Waals surface area contributed by atoms with Crippen molar-refractivity contribution < 1.29 is 14.5 Å². The van der Waals surface area contributed by atoms with Crippen molar-refractivity contribution >= 4 is 34.6 Å². The van der Waals surface area contributed by atoms with E-state index in [0.29, 0.717) is 30.0 Å². The zero-order valence-corrected chi connectivity index (χ0v) is 18.4. The highest BCUT2D eigenvalue weighted by Gasteiger charge is 2.18. The SMILES string of the molecule is CN(c1ccccc1)c1ccc(C=CC(=O)c2ccc(N3CCOCC3)cc2)cc1[N+](=O)[O-]. The molecule has 1 heterocycles. The molecule has 3 aromatic carbocycles. The zero-order chi connectivity index (χ0) is 23.2. The summed E-state index contributed by atoms with van der Waals surface area (Å²) in [6, 6.07) is 21.9. The highest BCUT2D eigenvalue weighted by Crippen LogP contribution is 2.33. The van der Waals surface area contributed by atoms with Gasteiger partial charge in [-0.3, -0.25) is 14.9 Å². The quantitative estimate of drug-likeness (QED) is 0.219. The van der Waals surface area contributed by atoms with Gasteiger partial charge in [0.25, 0.3) is 5.69 Å². The maximum absolute atomic E-state index is 12.6. The smallest absolute Gasteiger partial charge is 0.293 e. The number of para-hydroxylation sites is 1. The minimum Gasteiger partial charge on any atom is -0.378 e. The van der Waals surface area contributed by atoms with Gasteiger partial charge in [0, 0.05) is 43.1 Å². The van der Waals surface area contributed by atoms with Gasteiger partial charge < -0.3 is 14.5 Å². The first kappa shape index (κ1) is 22.2. The largest absolute Gasteiger partial charge is 0.378 e. The van der Waals surface area contributed by atoms with Gasteiger partial charge in [0.05, 0.1) is 18.1 Å². The van der Waals surface area contributed by atoms with Crippen LogP contribution in [0.3, 0.4) is 0 Å². The van der Waals surface area contributed by atoms with E-state index in [4.69, 9.17) is 4.74 Å². The monoisotopic (exact) mass is 443 g/mol. The number of allylic oxidation sites excluding steroid dienone is 1. The number of ether oxygens (including phenoxy) is 1. The number of carbonyl (C=O) groups excluding carboxylic acids is 1. The second-order valence-electron chi connectivity index (χ2n) is 7.74. The lowest BCUT2D eigenvalue weighted by Gasteiger charge is -2.28. The average molecular weight is 444 g/mol. The van der Waals surface area contributed by atoms with E-state index in [1.807, 2.05) is 42.5 Å². The molecule has 3 aromatic rings. The molecule has 0 unspecified atom stereocenters. The van der Waals surface area contributed by atoms with Crippen LogP contribution in [-0.2, 0) is 4.74 Å². The fraction of sp³-hybridized carbons (Fsp3) is 0.192. The number of hydrogen-bond donors (Lipinski definition) is 0. The van der Waals surface area contributed by atoms with E-state index < -0.39 is 4.92 Å². The third kappa shape index (κ3) is 5.27. The van der Waals surface area contributed by atoms with Crippen molar-refractivity contribution in [2.24, 2.45) is 0 Å². The van der Waals surface area contributed by atoms with Crippen LogP contribution in [0, 0.1) is 10.1 Å². The standard InChI is InChI=1S/C26H25N3O4/c1-27(22-5-3-2-4-6-22)24-13-7-20(19-25(24)29(31)32)8-14-26(30)21-9-11-23(12-10-21)28-15-17-33-18-16-28/h2-14,19H,15-18H2,1H3. The lowest BCUT2D eigenvalue weighted by molar-refractivity contribution is -0.384. The Morgan fingerprint density at radius 2 is 1.73 bits per heavy atom. The lowest BCUT2D eigenvalue weighted by atomic mass is 10.1. The predicted octanol–water partition coefficient (Wildman–Crippen LogP) is 5.10. The van der Waals surface area contributed by atoms with Crippen LogP contribution >= 0.6 is 0 Å². The number of ketones is 1. The van der Waals surface area contributed by atoms with Crippen LogP contribution in [0.4, 0.5) is 22.7 Å². The summed E-state index contributed by atoms with van der Waals surface area (Å²) in [6.07, 6.45) is 3.06. The Labute approximate surface area is 192 Å². The molecule has 0 amide bonds. The second-order valence-corrected chi connectivity index (χ2v) is 7.74. The van der Waals surface area contributed by atoms with E-state index in [1.165, 1.54) is 12.1 Å². The maximum Gasteiger partial charge on any atom is 0.293 e. The van der Waals surface area contributed by atoms with E-state index in [2.05, 4.69) is 4.90 Å². The lowest BCUT2D eigenvalue weighted by Crippen LogP contribution is -2.36. The summed E-state index contributed by atoms with van der Waals surface area (Å²) in [6.45, 7) is 3.08. The average Bonchev–Trinajstić information content (AvgIpc) is 2.88. The van der Waals surface area contributed by atoms with E-state index in [0.717, 1.165) is 24.5 Å². The molecule has 0 aliphatic carbocycles. The van der Waals surface area contributed by atoms with E-state index >= 15 is 0 Å². The van der Waals surface area contributed by atoms with Gasteiger partial charge in [0.15, 0.2) is 5.78 Å². The molecule has 1 fully saturated rings. The molecule has 0 aromatic heterocycles. The normalized spacial score (nSPS) is 13.8. The maximum atomic E-state index is 12.6. The van der Waals surface area contributed by atoms with Gasteiger partial charge in [-0.05, 0) is 54.1 Å². The van der Waals surface area contributed by atoms with Crippen molar-refractivity contribution in [3.8, 4) is 0 Å². The molecule has 1 aliphatic heterocycles. The predicted molar refractivity (Wildman–Crippen MR) is 130 cm³/mol. The molecule has 1 saturated heterocycles. The first-order valence-electron chi connectivity index (χ1n) is 10.8. The van der Waals surface area contributed by atoms with Crippen LogP contribution in [0.1, 0.15) is 15.9 Å². The third-order valence-electron chi connectivity index (χ3n) is 5.66. The van der Waals surface area contributed by atoms with E-state index in [9.17, 15) is 14.9 Å². The van der Waals surface area contributed by atoms with Crippen LogP contribution < -0.4 is 9.80 Å². The topological polar surface area (TPSA) is 75.9 Å². The Bertz CT molecular complexity index is 1150. The fourth-order valence-electron chi connectivity index (χ4n) is 3.79. The number of morpholine rings is 1. The van der Waals surface area contributed by atoms with Gasteiger partial charge in [-0.2, -0.15) is 0 Å². The second kappa shape index (κ2) is 10.1. The number of hydrogen-bond acceptors (Lipinski definition) is 6. The minimum absolute atomic E-state index is 0.0224. The number of nitro groups is 1. The molecule has 7 heteroatoms. The molecule has 0 N–H and O–H groups in total. The first-order chi connectivity index (χ1) is 16.0. The molecule has 0 atom stereocenters. The number of benzene rings is 3. The fourth-order valence-corrected chi connectivity index (χ4v) is 3.79. The van der Waals surface area contributed by atoms with Gasteiger partial charge in [0.1, 0.15) is 5.69 Å². The van der Waals surface area contributed by atoms with Gasteiger partial charge in [-0.25, -0.2) is 0 Å². The van der Waals surface area contributed by atoms with Crippen molar-refractivity contribution in [1.29, 1.82) is 0 Å². The van der Waals surface area contributed by atoms with Crippen molar-refractivity contribution in [3.63, 3.8) is 0 Å². The molecule has 4 rings (SSSR count). The Balaban J connectivity index is 1.50. The van der Waals surface area contributed by atoms with Crippen LogP contribution in [0.25, 0.3) is 6.08 Å². The molecular weight excluding hydrogens is 418 g/mol. The summed E-state index contributed by atoms with van der Waals surface area (Å²) in [5, 5.41) is 11.7. The summed E-state index contributed by atoms with van der Waals surface area (Å²) in [5.41, 5.74) is 3.52. The number of nitro benzene ring substituents is 1. The van der Waals surface area contributed by atoms with Crippen molar-refractivity contribution in [1.82, 2.24) is 0 Å². The van der Waals surface area contributed by atoms with Crippen LogP contribution in [0.2, 0.25) is 0 Å². The van der Waals surface area contributed by atoms with E-state index in [1.54, 1.807) is 42.3 Å². The molecule has 168 valence electrons. The van der Waals surface area contributed by atoms with Gasteiger partial charge in [-0.1, -0.05) is 30.3 Å². The molecule has 0 radical (unpaired) electrons. The highest BCUT2D eigenvalue weighted by atomic mass is 16.6. The van der Waals surface area contributed by atoms with Crippen molar-refractivity contribution in [3.05, 3.63) is 100 Å². The van der Waals surface area contributed by atoms with Gasteiger partial charge >= 0.3 is 0 Å². The summed E-state index contributed by atoms with van der Waals surface area (Å²) >= 11 is 0. The Hall–Kier alpha value is -3.97. The summed E-state index contributed by atoms with van der Waals surface area (Å²) < 4.78 is 5.37. The Kier molecular flexibility index (Phi) is 6.80. The minimum atomic E-state index is -0.404. The molecule has 0 spiro atoms. The number of rotatable bonds is 7. The van der Waals surface area contributed by atoms with Crippen LogP contribution in [-0.4, -0.2) is 44.1 Å². The molecule has 33 heavy (non-hydrogen) atoms. The molecule has 1 aliphatic rings. The van der Waals surface area contributed by atoms with E-state index in [-0.39, 0.29) is 11.5 Å². The molecule has 7 nitrogen and oxygen atoms in total. The zero-order valence-electron chi connectivity index (χ0n) is 18.4. The highest BCUT2D eigenvalue weighted by molar-refractivity contribution is 6.07. The molecular formula is C26H25N3O4. The number of nitrogens with zero attached hydrogens (tertiary/aromatic N) is 3. The van der Waals surface area contributed by atoms with Crippen LogP contribution in [0.5, 0.6) is 0 Å². The Morgan fingerprint density at radius 1 is 1.03 bits per heavy atom.